The maximum atomic E-state index is 13.7. The van der Waals surface area contributed by atoms with Crippen LogP contribution >= 0.6 is 0 Å². The molecule has 0 spiro atoms. The SMILES string of the molecule is CC(=O)Nc1cc(NC(=O)C(=O)NCC(C)N2CCc3ccccc3C2)ccc1F. The van der Waals surface area contributed by atoms with Crippen molar-refractivity contribution >= 4 is 29.1 Å². The number of nitrogens with zero attached hydrogens (tertiary/aromatic N) is 1. The molecule has 0 aromatic heterocycles. The number of hydrogen-bond acceptors (Lipinski definition) is 4. The normalized spacial score (nSPS) is 14.4. The summed E-state index contributed by atoms with van der Waals surface area (Å²) in [6, 6.07) is 12.1. The van der Waals surface area contributed by atoms with Crippen LogP contribution in [0.2, 0.25) is 0 Å². The summed E-state index contributed by atoms with van der Waals surface area (Å²) in [5.74, 6) is -2.70. The molecule has 2 aromatic rings. The number of nitrogens with one attached hydrogen (secondary N) is 3. The van der Waals surface area contributed by atoms with Crippen LogP contribution < -0.4 is 16.0 Å². The molecule has 7 nitrogen and oxygen atoms in total. The monoisotopic (exact) mass is 412 g/mol. The molecule has 0 saturated carbocycles. The van der Waals surface area contributed by atoms with E-state index in [0.717, 1.165) is 25.6 Å². The summed E-state index contributed by atoms with van der Waals surface area (Å²) in [6.07, 6.45) is 0.955. The third-order valence-corrected chi connectivity index (χ3v) is 5.08. The minimum atomic E-state index is -0.855. The molecule has 0 saturated heterocycles. The Kier molecular flexibility index (Phi) is 6.79. The molecule has 1 atom stereocenters. The number of hydrogen-bond donors (Lipinski definition) is 3. The molecule has 1 aliphatic rings. The summed E-state index contributed by atoms with van der Waals surface area (Å²) in [6.45, 7) is 5.28. The van der Waals surface area contributed by atoms with Crippen molar-refractivity contribution < 1.29 is 18.8 Å². The van der Waals surface area contributed by atoms with E-state index in [1.54, 1.807) is 0 Å². The molecule has 30 heavy (non-hydrogen) atoms. The summed E-state index contributed by atoms with van der Waals surface area (Å²) < 4.78 is 13.7. The lowest BCUT2D eigenvalue weighted by molar-refractivity contribution is -0.136. The zero-order valence-electron chi connectivity index (χ0n) is 17.0. The fourth-order valence-corrected chi connectivity index (χ4v) is 3.42. The Morgan fingerprint density at radius 2 is 1.80 bits per heavy atom. The second-order valence-electron chi connectivity index (χ2n) is 7.38. The zero-order valence-corrected chi connectivity index (χ0v) is 17.0. The van der Waals surface area contributed by atoms with Gasteiger partial charge in [-0.2, -0.15) is 0 Å². The van der Waals surface area contributed by atoms with E-state index in [1.807, 2.05) is 19.1 Å². The molecule has 1 aliphatic heterocycles. The Labute approximate surface area is 174 Å². The van der Waals surface area contributed by atoms with Crippen LogP contribution in [0.15, 0.2) is 42.5 Å². The van der Waals surface area contributed by atoms with Crippen LogP contribution in [0, 0.1) is 5.82 Å². The molecule has 3 N–H and O–H groups in total. The molecule has 3 rings (SSSR count). The molecule has 8 heteroatoms. The molecule has 2 aromatic carbocycles. The first-order valence-electron chi connectivity index (χ1n) is 9.80. The summed E-state index contributed by atoms with van der Waals surface area (Å²) >= 11 is 0. The summed E-state index contributed by atoms with van der Waals surface area (Å²) in [5, 5.41) is 7.39. The fourth-order valence-electron chi connectivity index (χ4n) is 3.42. The van der Waals surface area contributed by atoms with Crippen LogP contribution in [0.25, 0.3) is 0 Å². The third kappa shape index (κ3) is 5.42. The van der Waals surface area contributed by atoms with Gasteiger partial charge in [-0.05, 0) is 42.7 Å². The largest absolute Gasteiger partial charge is 0.346 e. The van der Waals surface area contributed by atoms with E-state index < -0.39 is 23.5 Å². The van der Waals surface area contributed by atoms with Crippen molar-refractivity contribution in [3.8, 4) is 0 Å². The van der Waals surface area contributed by atoms with Crippen LogP contribution in [0.3, 0.4) is 0 Å². The van der Waals surface area contributed by atoms with Gasteiger partial charge in [0.25, 0.3) is 0 Å². The van der Waals surface area contributed by atoms with Crippen molar-refractivity contribution in [2.45, 2.75) is 32.9 Å². The number of halogens is 1. The van der Waals surface area contributed by atoms with Gasteiger partial charge in [0, 0.05) is 38.3 Å². The van der Waals surface area contributed by atoms with E-state index in [-0.39, 0.29) is 17.4 Å². The molecule has 0 aliphatic carbocycles. The second kappa shape index (κ2) is 9.49. The van der Waals surface area contributed by atoms with E-state index in [2.05, 4.69) is 33.0 Å². The van der Waals surface area contributed by atoms with Gasteiger partial charge in [-0.3, -0.25) is 19.3 Å². The number of fused-ring (bicyclic) bond motifs is 1. The maximum absolute atomic E-state index is 13.7. The van der Waals surface area contributed by atoms with Gasteiger partial charge in [0.2, 0.25) is 5.91 Å². The number of benzene rings is 2. The third-order valence-electron chi connectivity index (χ3n) is 5.08. The quantitative estimate of drug-likeness (QED) is 0.658. The van der Waals surface area contributed by atoms with Crippen molar-refractivity contribution in [3.63, 3.8) is 0 Å². The molecular formula is C22H25FN4O3. The van der Waals surface area contributed by atoms with Crippen LogP contribution in [-0.4, -0.2) is 41.8 Å². The number of amides is 3. The summed E-state index contributed by atoms with van der Waals surface area (Å²) in [7, 11) is 0. The Morgan fingerprint density at radius 1 is 1.07 bits per heavy atom. The first-order valence-corrected chi connectivity index (χ1v) is 9.80. The van der Waals surface area contributed by atoms with Crippen LogP contribution in [-0.2, 0) is 27.3 Å². The van der Waals surface area contributed by atoms with E-state index in [0.29, 0.717) is 6.54 Å². The highest BCUT2D eigenvalue weighted by Crippen LogP contribution is 2.21. The van der Waals surface area contributed by atoms with Crippen LogP contribution in [0.1, 0.15) is 25.0 Å². The number of anilines is 2. The molecule has 0 radical (unpaired) electrons. The van der Waals surface area contributed by atoms with Gasteiger partial charge >= 0.3 is 11.8 Å². The number of rotatable bonds is 5. The summed E-state index contributed by atoms with van der Waals surface area (Å²) in [4.78, 5) is 37.7. The van der Waals surface area contributed by atoms with E-state index in [1.165, 1.54) is 30.2 Å². The van der Waals surface area contributed by atoms with Crippen molar-refractivity contribution in [3.05, 3.63) is 59.4 Å². The topological polar surface area (TPSA) is 90.5 Å². The minimum Gasteiger partial charge on any atom is -0.346 e. The van der Waals surface area contributed by atoms with Gasteiger partial charge < -0.3 is 16.0 Å². The maximum Gasteiger partial charge on any atom is 0.313 e. The zero-order chi connectivity index (χ0) is 21.7. The van der Waals surface area contributed by atoms with Gasteiger partial charge in [0.15, 0.2) is 0 Å². The Bertz CT molecular complexity index is 963. The lowest BCUT2D eigenvalue weighted by Gasteiger charge is -2.33. The smallest absolute Gasteiger partial charge is 0.313 e. The standard InChI is InChI=1S/C22H25FN4O3/c1-14(27-10-9-16-5-3-4-6-17(16)13-27)12-24-21(29)22(30)26-18-7-8-19(23)20(11-18)25-15(2)28/h3-8,11,14H,9-10,12-13H2,1-2H3,(H,24,29)(H,25,28)(H,26,30). The minimum absolute atomic E-state index is 0.0623. The highest BCUT2D eigenvalue weighted by atomic mass is 19.1. The van der Waals surface area contributed by atoms with Crippen molar-refractivity contribution in [2.24, 2.45) is 0 Å². The average Bonchev–Trinajstić information content (AvgIpc) is 2.73. The van der Waals surface area contributed by atoms with Gasteiger partial charge in [-0.25, -0.2) is 4.39 Å². The fraction of sp³-hybridized carbons (Fsp3) is 0.318. The van der Waals surface area contributed by atoms with E-state index >= 15 is 0 Å². The molecule has 1 heterocycles. The van der Waals surface area contributed by atoms with Gasteiger partial charge in [0.05, 0.1) is 5.69 Å². The Morgan fingerprint density at radius 3 is 2.53 bits per heavy atom. The van der Waals surface area contributed by atoms with Crippen molar-refractivity contribution in [1.82, 2.24) is 10.2 Å². The molecular weight excluding hydrogens is 387 g/mol. The highest BCUT2D eigenvalue weighted by molar-refractivity contribution is 6.39. The second-order valence-corrected chi connectivity index (χ2v) is 7.38. The molecule has 1 unspecified atom stereocenters. The number of carbonyl (C=O) groups excluding carboxylic acids is 3. The first kappa shape index (κ1) is 21.4. The van der Waals surface area contributed by atoms with Crippen LogP contribution in [0.5, 0.6) is 0 Å². The predicted molar refractivity (Wildman–Crippen MR) is 112 cm³/mol. The Hall–Kier alpha value is -3.26. The molecule has 3 amide bonds. The van der Waals surface area contributed by atoms with E-state index in [9.17, 15) is 18.8 Å². The van der Waals surface area contributed by atoms with Crippen LogP contribution in [0.4, 0.5) is 15.8 Å². The van der Waals surface area contributed by atoms with Gasteiger partial charge in [-0.15, -0.1) is 0 Å². The molecule has 0 bridgehead atoms. The van der Waals surface area contributed by atoms with Gasteiger partial charge in [-0.1, -0.05) is 24.3 Å². The van der Waals surface area contributed by atoms with Crippen molar-refractivity contribution in [2.75, 3.05) is 23.7 Å². The lowest BCUT2D eigenvalue weighted by atomic mass is 9.99. The summed E-state index contributed by atoms with van der Waals surface area (Å²) in [5.41, 5.74) is 2.77. The molecule has 158 valence electrons. The average molecular weight is 412 g/mol. The predicted octanol–water partition coefficient (Wildman–Crippen LogP) is 2.29. The highest BCUT2D eigenvalue weighted by Gasteiger charge is 2.22. The van der Waals surface area contributed by atoms with E-state index in [4.69, 9.17) is 0 Å². The van der Waals surface area contributed by atoms with Gasteiger partial charge in [0.1, 0.15) is 5.82 Å². The van der Waals surface area contributed by atoms with Crippen molar-refractivity contribution in [1.29, 1.82) is 0 Å². The molecule has 0 fully saturated rings. The first-order chi connectivity index (χ1) is 14.3. The lowest BCUT2D eigenvalue weighted by Crippen LogP contribution is -2.46. The Balaban J connectivity index is 1.51. The number of carbonyl (C=O) groups is 3.